The van der Waals surface area contributed by atoms with E-state index >= 15 is 0 Å². The number of piperazine rings is 1. The summed E-state index contributed by atoms with van der Waals surface area (Å²) in [6.07, 6.45) is 2.97. The van der Waals surface area contributed by atoms with Crippen molar-refractivity contribution in [3.63, 3.8) is 0 Å². The van der Waals surface area contributed by atoms with Gasteiger partial charge in [-0.1, -0.05) is 12.1 Å². The lowest BCUT2D eigenvalue weighted by Crippen LogP contribution is -2.47. The number of imidazole rings is 1. The van der Waals surface area contributed by atoms with Crippen molar-refractivity contribution in [1.29, 1.82) is 0 Å². The lowest BCUT2D eigenvalue weighted by Gasteiger charge is -2.35. The molecule has 1 aromatic carbocycles. The number of hydrogen-bond acceptors (Lipinski definition) is 8. The highest BCUT2D eigenvalue weighted by Crippen LogP contribution is 2.34. The van der Waals surface area contributed by atoms with Gasteiger partial charge in [-0.2, -0.15) is 0 Å². The Labute approximate surface area is 225 Å². The van der Waals surface area contributed by atoms with Gasteiger partial charge in [0.15, 0.2) is 11.0 Å². The van der Waals surface area contributed by atoms with E-state index in [1.54, 1.807) is 23.5 Å². The maximum Gasteiger partial charge on any atom is 0.191 e. The van der Waals surface area contributed by atoms with E-state index in [-0.39, 0.29) is 5.82 Å². The quantitative estimate of drug-likeness (QED) is 0.185. The molecule has 0 radical (unpaired) electrons. The highest BCUT2D eigenvalue weighted by molar-refractivity contribution is 7.14. The number of halogens is 1. The van der Waals surface area contributed by atoms with Gasteiger partial charge in [0.05, 0.1) is 23.6 Å². The summed E-state index contributed by atoms with van der Waals surface area (Å²) in [6.45, 7) is 9.86. The van der Waals surface area contributed by atoms with E-state index in [4.69, 9.17) is 14.8 Å². The summed E-state index contributed by atoms with van der Waals surface area (Å²) in [5.41, 5.74) is 4.77. The van der Waals surface area contributed by atoms with Crippen LogP contribution in [0.25, 0.3) is 16.9 Å². The second-order valence-corrected chi connectivity index (χ2v) is 9.88. The van der Waals surface area contributed by atoms with Crippen molar-refractivity contribution in [2.45, 2.75) is 13.3 Å². The second-order valence-electron chi connectivity index (χ2n) is 9.04. The summed E-state index contributed by atoms with van der Waals surface area (Å²) in [5, 5.41) is 6.78. The fourth-order valence-corrected chi connectivity index (χ4v) is 5.49. The predicted octanol–water partition coefficient (Wildman–Crippen LogP) is 4.71. The maximum absolute atomic E-state index is 13.4. The Bertz CT molecular complexity index is 1440. The van der Waals surface area contributed by atoms with E-state index in [2.05, 4.69) is 61.2 Å². The molecule has 3 aromatic heterocycles. The molecule has 11 heteroatoms. The molecule has 0 N–H and O–H groups in total. The molecule has 0 unspecified atom stereocenters. The number of nitrogens with zero attached hydrogens (tertiary/aromatic N) is 8. The number of rotatable bonds is 8. The van der Waals surface area contributed by atoms with E-state index in [0.29, 0.717) is 12.4 Å². The number of aryl methyl sites for hydroxylation is 1. The number of aliphatic imine (C=N–C) groups is 1. The van der Waals surface area contributed by atoms with Gasteiger partial charge in [-0.3, -0.25) is 9.30 Å². The lowest BCUT2D eigenvalue weighted by molar-refractivity contribution is 0.208. The summed E-state index contributed by atoms with van der Waals surface area (Å²) >= 11 is 1.56. The van der Waals surface area contributed by atoms with Gasteiger partial charge < -0.3 is 14.6 Å². The molecule has 38 heavy (non-hydrogen) atoms. The molecule has 0 aliphatic carbocycles. The second kappa shape index (κ2) is 11.3. The topological polar surface area (TPSA) is 73.9 Å². The van der Waals surface area contributed by atoms with Crippen LogP contribution in [0.1, 0.15) is 12.6 Å². The number of amidine groups is 1. The number of aromatic nitrogens is 3. The molecule has 0 amide bonds. The summed E-state index contributed by atoms with van der Waals surface area (Å²) < 4.78 is 15.5. The van der Waals surface area contributed by atoms with Gasteiger partial charge in [0.1, 0.15) is 24.4 Å². The molecule has 1 aliphatic rings. The third-order valence-corrected chi connectivity index (χ3v) is 7.62. The van der Waals surface area contributed by atoms with E-state index in [0.717, 1.165) is 71.8 Å². The van der Waals surface area contributed by atoms with Crippen LogP contribution in [0.5, 0.6) is 0 Å². The summed E-state index contributed by atoms with van der Waals surface area (Å²) in [6, 6.07) is 10.6. The first-order chi connectivity index (χ1) is 18.5. The fourth-order valence-electron chi connectivity index (χ4n) is 4.69. The molecule has 0 atom stereocenters. The Morgan fingerprint density at radius 3 is 2.58 bits per heavy atom. The zero-order valence-corrected chi connectivity index (χ0v) is 22.7. The summed E-state index contributed by atoms with van der Waals surface area (Å²) in [5.74, 6) is 1.33. The molecule has 0 bridgehead atoms. The van der Waals surface area contributed by atoms with Gasteiger partial charge >= 0.3 is 0 Å². The smallest absolute Gasteiger partial charge is 0.191 e. The molecular formula is C27H31FN8OS. The van der Waals surface area contributed by atoms with Crippen LogP contribution in [0.4, 0.5) is 21.0 Å². The monoisotopic (exact) mass is 534 g/mol. The number of oxime groups is 1. The molecule has 198 valence electrons. The number of thiazole rings is 1. The van der Waals surface area contributed by atoms with Crippen LogP contribution in [0.2, 0.25) is 0 Å². The molecule has 0 spiro atoms. The minimum atomic E-state index is -0.254. The van der Waals surface area contributed by atoms with Crippen LogP contribution in [0.3, 0.4) is 0 Å². The van der Waals surface area contributed by atoms with Crippen molar-refractivity contribution in [3.8, 4) is 11.3 Å². The van der Waals surface area contributed by atoms with Crippen molar-refractivity contribution in [3.05, 3.63) is 59.5 Å². The van der Waals surface area contributed by atoms with Gasteiger partial charge in [-0.15, -0.1) is 11.3 Å². The van der Waals surface area contributed by atoms with Gasteiger partial charge in [-0.05, 0) is 49.5 Å². The molecule has 1 fully saturated rings. The van der Waals surface area contributed by atoms with Crippen LogP contribution < -0.4 is 9.80 Å². The summed E-state index contributed by atoms with van der Waals surface area (Å²) in [7, 11) is 3.54. The molecule has 1 saturated heterocycles. The first-order valence-electron chi connectivity index (χ1n) is 12.5. The first-order valence-corrected chi connectivity index (χ1v) is 13.4. The predicted molar refractivity (Wildman–Crippen MR) is 153 cm³/mol. The van der Waals surface area contributed by atoms with Crippen LogP contribution in [-0.4, -0.2) is 78.7 Å². The van der Waals surface area contributed by atoms with E-state index < -0.39 is 0 Å². The third kappa shape index (κ3) is 5.25. The highest BCUT2D eigenvalue weighted by Gasteiger charge is 2.22. The summed E-state index contributed by atoms with van der Waals surface area (Å²) in [4.78, 5) is 25.3. The minimum Gasteiger partial charge on any atom is -0.398 e. The van der Waals surface area contributed by atoms with E-state index in [1.807, 2.05) is 12.4 Å². The Balaban J connectivity index is 1.38. The number of hydrogen-bond donors (Lipinski definition) is 0. The number of benzene rings is 1. The van der Waals surface area contributed by atoms with E-state index in [1.165, 1.54) is 19.2 Å². The maximum atomic E-state index is 13.4. The fraction of sp³-hybridized carbons (Fsp3) is 0.333. The molecule has 4 aromatic rings. The zero-order valence-electron chi connectivity index (χ0n) is 21.8. The average Bonchev–Trinajstić information content (AvgIpc) is 3.58. The zero-order chi connectivity index (χ0) is 26.6. The van der Waals surface area contributed by atoms with Crippen LogP contribution >= 0.6 is 11.3 Å². The number of fused-ring (bicyclic) bond motifs is 1. The molecular weight excluding hydrogens is 503 g/mol. The minimum absolute atomic E-state index is 0.254. The Kier molecular flexibility index (Phi) is 7.66. The normalized spacial score (nSPS) is 14.7. The van der Waals surface area contributed by atoms with E-state index in [9.17, 15) is 4.39 Å². The van der Waals surface area contributed by atoms with Crippen LogP contribution in [-0.2, 0) is 11.3 Å². The lowest BCUT2D eigenvalue weighted by atomic mass is 10.2. The van der Waals surface area contributed by atoms with Crippen molar-refractivity contribution in [2.24, 2.45) is 10.1 Å². The van der Waals surface area contributed by atoms with Gasteiger partial charge in [0.25, 0.3) is 0 Å². The number of pyridine rings is 1. The molecule has 9 nitrogen and oxygen atoms in total. The van der Waals surface area contributed by atoms with Gasteiger partial charge in [0, 0.05) is 50.4 Å². The van der Waals surface area contributed by atoms with Gasteiger partial charge in [0.2, 0.25) is 0 Å². The van der Waals surface area contributed by atoms with Crippen molar-refractivity contribution >= 4 is 46.2 Å². The Morgan fingerprint density at radius 2 is 1.89 bits per heavy atom. The SMILES string of the molecule is C=N/C(CN1CCN(c2ccc3nc(CC)c(N(C)c4nc(-c5ccc(F)cc5)cs4)n3c2)CC1)=N\OC. The van der Waals surface area contributed by atoms with Crippen LogP contribution in [0.15, 0.2) is 58.1 Å². The molecule has 0 saturated carbocycles. The Morgan fingerprint density at radius 1 is 1.13 bits per heavy atom. The first kappa shape index (κ1) is 25.8. The van der Waals surface area contributed by atoms with Crippen molar-refractivity contribution in [2.75, 3.05) is 56.7 Å². The average molecular weight is 535 g/mol. The third-order valence-electron chi connectivity index (χ3n) is 6.70. The van der Waals surface area contributed by atoms with Gasteiger partial charge in [-0.25, -0.2) is 19.4 Å². The van der Waals surface area contributed by atoms with Crippen LogP contribution in [0, 0.1) is 5.82 Å². The van der Waals surface area contributed by atoms with Crippen molar-refractivity contribution < 1.29 is 9.23 Å². The van der Waals surface area contributed by atoms with Crippen molar-refractivity contribution in [1.82, 2.24) is 19.3 Å². The molecule has 5 rings (SSSR count). The molecule has 4 heterocycles. The molecule has 1 aliphatic heterocycles. The highest BCUT2D eigenvalue weighted by atomic mass is 32.1. The number of anilines is 3. The Hall–Kier alpha value is -3.83. The largest absolute Gasteiger partial charge is 0.398 e. The standard InChI is InChI=1S/C27H31FN8OS/c1-5-22-26(33(3)27-31-23(18-38-27)19-6-8-20(28)9-7-19)36-16-21(10-11-25(36)30-22)35-14-12-34(13-15-35)17-24(29-2)32-37-4/h6-11,16,18H,2,5,12-15,17H2,1,3-4H3/b32-24-.